The third-order valence-electron chi connectivity index (χ3n) is 6.10. The lowest BCUT2D eigenvalue weighted by Gasteiger charge is -2.31. The van der Waals surface area contributed by atoms with E-state index in [-0.39, 0.29) is 35.1 Å². The lowest BCUT2D eigenvalue weighted by atomic mass is 9.81. The number of benzene rings is 1. The number of aliphatic hydroxyl groups is 1. The molecule has 3 aliphatic carbocycles. The van der Waals surface area contributed by atoms with Gasteiger partial charge in [0, 0.05) is 11.6 Å². The summed E-state index contributed by atoms with van der Waals surface area (Å²) in [5.74, 6) is -0.0708. The van der Waals surface area contributed by atoms with E-state index in [2.05, 4.69) is 17.5 Å². The highest BCUT2D eigenvalue weighted by atomic mass is 16.5. The molecule has 1 spiro atoms. The van der Waals surface area contributed by atoms with Crippen LogP contribution in [0.1, 0.15) is 18.4 Å². The van der Waals surface area contributed by atoms with Crippen LogP contribution in [0.25, 0.3) is 0 Å². The van der Waals surface area contributed by atoms with E-state index in [4.69, 9.17) is 4.74 Å². The molecule has 2 saturated carbocycles. The molecule has 122 valence electrons. The standard InChI is InChI=1S/C19H23NO3/c1-11-3-5-12(6-4-11)20-17(21)15-13-7-8-14(19(13)9-10-19)16(15)18(22)23-2/h3-8,13-17,20-21H,9-10H2,1-2H3. The van der Waals surface area contributed by atoms with Gasteiger partial charge in [0.25, 0.3) is 0 Å². The molecule has 2 N–H and O–H groups in total. The molecule has 23 heavy (non-hydrogen) atoms. The summed E-state index contributed by atoms with van der Waals surface area (Å²) < 4.78 is 5.04. The molecule has 0 saturated heterocycles. The van der Waals surface area contributed by atoms with Crippen molar-refractivity contribution < 1.29 is 14.6 Å². The molecule has 0 heterocycles. The zero-order valence-corrected chi connectivity index (χ0v) is 13.5. The Morgan fingerprint density at radius 1 is 1.26 bits per heavy atom. The van der Waals surface area contributed by atoms with Crippen LogP contribution < -0.4 is 5.32 Å². The lowest BCUT2D eigenvalue weighted by Crippen LogP contribution is -2.40. The molecule has 1 aromatic carbocycles. The van der Waals surface area contributed by atoms with Crippen molar-refractivity contribution >= 4 is 11.7 Å². The molecule has 3 aliphatic rings. The lowest BCUT2D eigenvalue weighted by molar-refractivity contribution is -0.149. The highest BCUT2D eigenvalue weighted by molar-refractivity contribution is 5.75. The second-order valence-electron chi connectivity index (χ2n) is 7.25. The van der Waals surface area contributed by atoms with Gasteiger partial charge < -0.3 is 15.2 Å². The third-order valence-corrected chi connectivity index (χ3v) is 6.10. The number of anilines is 1. The van der Waals surface area contributed by atoms with Crippen molar-refractivity contribution in [1.82, 2.24) is 0 Å². The molecule has 4 nitrogen and oxygen atoms in total. The van der Waals surface area contributed by atoms with Crippen molar-refractivity contribution in [3.8, 4) is 0 Å². The van der Waals surface area contributed by atoms with Crippen LogP contribution >= 0.6 is 0 Å². The number of carbonyl (C=O) groups is 1. The first-order chi connectivity index (χ1) is 11.1. The van der Waals surface area contributed by atoms with Crippen LogP contribution in [0.15, 0.2) is 36.4 Å². The average molecular weight is 313 g/mol. The monoisotopic (exact) mass is 313 g/mol. The summed E-state index contributed by atoms with van der Waals surface area (Å²) in [5, 5.41) is 14.0. The van der Waals surface area contributed by atoms with E-state index in [0.29, 0.717) is 0 Å². The van der Waals surface area contributed by atoms with Crippen LogP contribution in [0.3, 0.4) is 0 Å². The Hall–Kier alpha value is -1.81. The van der Waals surface area contributed by atoms with Gasteiger partial charge in [0.1, 0.15) is 6.23 Å². The summed E-state index contributed by atoms with van der Waals surface area (Å²) in [4.78, 5) is 12.3. The average Bonchev–Trinajstić information content (AvgIpc) is 3.22. The molecular formula is C19H23NO3. The maximum Gasteiger partial charge on any atom is 0.309 e. The number of aliphatic hydroxyl groups excluding tert-OH is 1. The van der Waals surface area contributed by atoms with Crippen molar-refractivity contribution in [2.45, 2.75) is 26.0 Å². The predicted octanol–water partition coefficient (Wildman–Crippen LogP) is 2.73. The van der Waals surface area contributed by atoms with E-state index in [0.717, 1.165) is 18.5 Å². The van der Waals surface area contributed by atoms with E-state index >= 15 is 0 Å². The molecule has 2 fully saturated rings. The van der Waals surface area contributed by atoms with Gasteiger partial charge in [-0.25, -0.2) is 0 Å². The maximum atomic E-state index is 12.3. The van der Waals surface area contributed by atoms with Gasteiger partial charge in [-0.1, -0.05) is 29.8 Å². The minimum absolute atomic E-state index is 0.124. The number of carbonyl (C=O) groups excluding carboxylic acids is 1. The molecule has 2 bridgehead atoms. The highest BCUT2D eigenvalue weighted by Gasteiger charge is 2.69. The van der Waals surface area contributed by atoms with E-state index in [1.165, 1.54) is 12.7 Å². The molecule has 0 aromatic heterocycles. The second-order valence-corrected chi connectivity index (χ2v) is 7.25. The Balaban J connectivity index is 1.59. The van der Waals surface area contributed by atoms with E-state index in [1.54, 1.807) is 0 Å². The highest BCUT2D eigenvalue weighted by Crippen LogP contribution is 2.72. The quantitative estimate of drug-likeness (QED) is 0.510. The largest absolute Gasteiger partial charge is 0.469 e. The Morgan fingerprint density at radius 3 is 2.52 bits per heavy atom. The van der Waals surface area contributed by atoms with Gasteiger partial charge in [0.2, 0.25) is 0 Å². The Morgan fingerprint density at radius 2 is 1.91 bits per heavy atom. The Bertz CT molecular complexity index is 647. The molecule has 1 aromatic rings. The summed E-state index contributed by atoms with van der Waals surface area (Å²) in [6, 6.07) is 7.94. The molecule has 4 heteroatoms. The minimum atomic E-state index is -0.751. The van der Waals surface area contributed by atoms with E-state index in [9.17, 15) is 9.90 Å². The molecule has 0 radical (unpaired) electrons. The normalized spacial score (nSPS) is 33.7. The van der Waals surface area contributed by atoms with Crippen molar-refractivity contribution in [3.63, 3.8) is 0 Å². The van der Waals surface area contributed by atoms with Crippen molar-refractivity contribution in [1.29, 1.82) is 0 Å². The van der Waals surface area contributed by atoms with Crippen LogP contribution in [0, 0.1) is 36.0 Å². The molecule has 5 unspecified atom stereocenters. The van der Waals surface area contributed by atoms with Crippen LogP contribution in [0.4, 0.5) is 5.69 Å². The van der Waals surface area contributed by atoms with E-state index in [1.807, 2.05) is 31.2 Å². The number of hydrogen-bond donors (Lipinski definition) is 2. The second kappa shape index (κ2) is 5.10. The SMILES string of the molecule is COC(=O)C1C(C(O)Nc2ccc(C)cc2)C2C=CC1C21CC1. The van der Waals surface area contributed by atoms with E-state index < -0.39 is 6.23 Å². The number of nitrogens with one attached hydrogen (secondary N) is 1. The first-order valence-corrected chi connectivity index (χ1v) is 8.34. The number of allylic oxidation sites excluding steroid dienone is 2. The van der Waals surface area contributed by atoms with Crippen molar-refractivity contribution in [2.75, 3.05) is 12.4 Å². The fraction of sp³-hybridized carbons (Fsp3) is 0.526. The van der Waals surface area contributed by atoms with Crippen LogP contribution in [-0.2, 0) is 9.53 Å². The summed E-state index contributed by atoms with van der Waals surface area (Å²) in [5.41, 5.74) is 2.26. The Kier molecular flexibility index (Phi) is 3.27. The maximum absolute atomic E-state index is 12.3. The van der Waals surface area contributed by atoms with Crippen LogP contribution in [0.5, 0.6) is 0 Å². The first kappa shape index (κ1) is 14.8. The van der Waals surface area contributed by atoms with Gasteiger partial charge in [-0.2, -0.15) is 0 Å². The zero-order chi connectivity index (χ0) is 16.2. The number of hydrogen-bond acceptors (Lipinski definition) is 4. The fourth-order valence-corrected chi connectivity index (χ4v) is 4.86. The molecule has 5 atom stereocenters. The summed E-state index contributed by atoms with van der Waals surface area (Å²) >= 11 is 0. The van der Waals surface area contributed by atoms with Gasteiger partial charge in [-0.15, -0.1) is 0 Å². The topological polar surface area (TPSA) is 58.6 Å². The number of aryl methyl sites for hydroxylation is 1. The van der Waals surface area contributed by atoms with Gasteiger partial charge in [0.15, 0.2) is 0 Å². The minimum Gasteiger partial charge on any atom is -0.469 e. The van der Waals surface area contributed by atoms with Gasteiger partial charge in [-0.05, 0) is 49.1 Å². The number of ether oxygens (including phenoxy) is 1. The number of methoxy groups -OCH3 is 1. The smallest absolute Gasteiger partial charge is 0.309 e. The molecule has 4 rings (SSSR count). The molecule has 0 aliphatic heterocycles. The first-order valence-electron chi connectivity index (χ1n) is 8.34. The Labute approximate surface area is 136 Å². The third kappa shape index (κ3) is 2.12. The summed E-state index contributed by atoms with van der Waals surface area (Å²) in [6.07, 6.45) is 5.93. The number of rotatable bonds is 4. The fourth-order valence-electron chi connectivity index (χ4n) is 4.86. The molecule has 0 amide bonds. The number of esters is 1. The van der Waals surface area contributed by atoms with Crippen molar-refractivity contribution in [3.05, 3.63) is 42.0 Å². The van der Waals surface area contributed by atoms with Gasteiger partial charge in [0.05, 0.1) is 13.0 Å². The van der Waals surface area contributed by atoms with Gasteiger partial charge >= 0.3 is 5.97 Å². The van der Waals surface area contributed by atoms with Crippen LogP contribution in [-0.4, -0.2) is 24.4 Å². The van der Waals surface area contributed by atoms with Crippen molar-refractivity contribution in [2.24, 2.45) is 29.1 Å². The predicted molar refractivity (Wildman–Crippen MR) is 87.6 cm³/mol. The zero-order valence-electron chi connectivity index (χ0n) is 13.5. The molecular weight excluding hydrogens is 290 g/mol. The van der Waals surface area contributed by atoms with Gasteiger partial charge in [-0.3, -0.25) is 4.79 Å². The summed E-state index contributed by atoms with van der Waals surface area (Å²) in [7, 11) is 1.44. The van der Waals surface area contributed by atoms with Crippen LogP contribution in [0.2, 0.25) is 0 Å². The summed E-state index contributed by atoms with van der Waals surface area (Å²) in [6.45, 7) is 2.03.